The number of hydrogen-bond donors (Lipinski definition) is 1. The highest BCUT2D eigenvalue weighted by atomic mass is 19.1. The molecule has 0 fully saturated rings. The van der Waals surface area contributed by atoms with Gasteiger partial charge in [0.1, 0.15) is 23.7 Å². The highest BCUT2D eigenvalue weighted by molar-refractivity contribution is 5.93. The number of benzene rings is 2. The molecule has 0 aliphatic heterocycles. The van der Waals surface area contributed by atoms with Crippen molar-refractivity contribution in [3.63, 3.8) is 0 Å². The van der Waals surface area contributed by atoms with E-state index in [0.717, 1.165) is 5.56 Å². The summed E-state index contributed by atoms with van der Waals surface area (Å²) in [4.78, 5) is 22.7. The molecule has 1 aromatic heterocycles. The molecule has 2 aromatic carbocycles. The number of amides is 1. The first-order valence-corrected chi connectivity index (χ1v) is 8.33. The molecule has 0 aliphatic carbocycles. The number of aromatic nitrogens is 2. The zero-order chi connectivity index (χ0) is 18.4. The van der Waals surface area contributed by atoms with E-state index in [1.54, 1.807) is 23.1 Å². The number of carbonyl (C=O) groups is 1. The van der Waals surface area contributed by atoms with Crippen LogP contribution in [0.25, 0.3) is 0 Å². The largest absolute Gasteiger partial charge is 0.340 e. The third-order valence-corrected chi connectivity index (χ3v) is 3.89. The molecular weight excluding hydrogens is 331 g/mol. The zero-order valence-corrected chi connectivity index (χ0v) is 14.4. The van der Waals surface area contributed by atoms with E-state index in [-0.39, 0.29) is 11.7 Å². The summed E-state index contributed by atoms with van der Waals surface area (Å²) in [6, 6.07) is 17.3. The van der Waals surface area contributed by atoms with Gasteiger partial charge in [0.15, 0.2) is 0 Å². The predicted molar refractivity (Wildman–Crippen MR) is 98.6 cm³/mol. The smallest absolute Gasteiger partial charge is 0.272 e. The van der Waals surface area contributed by atoms with Crippen LogP contribution in [0.15, 0.2) is 67.0 Å². The number of halogens is 1. The number of hydrogen-bond acceptors (Lipinski definition) is 4. The van der Waals surface area contributed by atoms with Crippen LogP contribution in [0.4, 0.5) is 15.9 Å². The van der Waals surface area contributed by atoms with Gasteiger partial charge in [0.05, 0.1) is 0 Å². The average molecular weight is 350 g/mol. The molecular formula is C20H19FN4O. The summed E-state index contributed by atoms with van der Waals surface area (Å²) in [5, 5.41) is 3.04. The van der Waals surface area contributed by atoms with Crippen LogP contribution in [0.5, 0.6) is 0 Å². The van der Waals surface area contributed by atoms with E-state index in [4.69, 9.17) is 0 Å². The predicted octanol–water partition coefficient (Wildman–Crippen LogP) is 4.02. The molecule has 0 atom stereocenters. The van der Waals surface area contributed by atoms with Crippen molar-refractivity contribution in [2.24, 2.45) is 0 Å². The fourth-order valence-corrected chi connectivity index (χ4v) is 2.52. The monoisotopic (exact) mass is 350 g/mol. The summed E-state index contributed by atoms with van der Waals surface area (Å²) in [5.74, 6) is 0.000218. The summed E-state index contributed by atoms with van der Waals surface area (Å²) in [5.41, 5.74) is 2.05. The molecule has 6 heteroatoms. The Hall–Kier alpha value is -3.28. The van der Waals surface area contributed by atoms with Crippen molar-refractivity contribution in [3.8, 4) is 0 Å². The Kier molecular flexibility index (Phi) is 5.53. The maximum absolute atomic E-state index is 13.0. The second-order valence-electron chi connectivity index (χ2n) is 5.73. The van der Waals surface area contributed by atoms with Crippen LogP contribution in [0.2, 0.25) is 0 Å². The Balaban J connectivity index is 1.75. The number of anilines is 2. The molecule has 3 rings (SSSR count). The lowest BCUT2D eigenvalue weighted by molar-refractivity contribution is 0.0746. The third kappa shape index (κ3) is 4.42. The Bertz CT molecular complexity index is 868. The van der Waals surface area contributed by atoms with Crippen molar-refractivity contribution in [3.05, 3.63) is 84.1 Å². The van der Waals surface area contributed by atoms with Crippen LogP contribution in [0.1, 0.15) is 23.0 Å². The lowest BCUT2D eigenvalue weighted by Crippen LogP contribution is -2.31. The van der Waals surface area contributed by atoms with Crippen molar-refractivity contribution < 1.29 is 9.18 Å². The molecule has 0 saturated carbocycles. The number of carbonyl (C=O) groups excluding carboxylic acids is 1. The highest BCUT2D eigenvalue weighted by Crippen LogP contribution is 2.16. The fourth-order valence-electron chi connectivity index (χ4n) is 2.52. The maximum atomic E-state index is 13.0. The van der Waals surface area contributed by atoms with Crippen molar-refractivity contribution in [1.82, 2.24) is 14.9 Å². The summed E-state index contributed by atoms with van der Waals surface area (Å²) in [7, 11) is 0. The van der Waals surface area contributed by atoms with Crippen molar-refractivity contribution in [2.45, 2.75) is 13.5 Å². The zero-order valence-electron chi connectivity index (χ0n) is 14.4. The molecule has 26 heavy (non-hydrogen) atoms. The van der Waals surface area contributed by atoms with Gasteiger partial charge in [-0.2, -0.15) is 0 Å². The van der Waals surface area contributed by atoms with Crippen molar-refractivity contribution in [1.29, 1.82) is 0 Å². The molecule has 0 aliphatic rings. The van der Waals surface area contributed by atoms with Crippen LogP contribution in [-0.4, -0.2) is 27.3 Å². The molecule has 1 N–H and O–H groups in total. The van der Waals surface area contributed by atoms with Gasteiger partial charge < -0.3 is 10.2 Å². The minimum Gasteiger partial charge on any atom is -0.340 e. The van der Waals surface area contributed by atoms with Gasteiger partial charge in [-0.15, -0.1) is 0 Å². The SMILES string of the molecule is CCN(Cc1ccccc1)C(=O)c1cc(Nc2ccc(F)cc2)ncn1. The molecule has 1 heterocycles. The van der Waals surface area contributed by atoms with E-state index in [1.165, 1.54) is 18.5 Å². The Morgan fingerprint density at radius 3 is 2.50 bits per heavy atom. The highest BCUT2D eigenvalue weighted by Gasteiger charge is 2.16. The molecule has 3 aromatic rings. The second kappa shape index (κ2) is 8.20. The van der Waals surface area contributed by atoms with Crippen LogP contribution in [0.3, 0.4) is 0 Å². The minimum absolute atomic E-state index is 0.166. The van der Waals surface area contributed by atoms with Crippen LogP contribution in [-0.2, 0) is 6.54 Å². The van der Waals surface area contributed by atoms with E-state index in [9.17, 15) is 9.18 Å². The molecule has 0 spiro atoms. The minimum atomic E-state index is -0.311. The van der Waals surface area contributed by atoms with E-state index < -0.39 is 0 Å². The summed E-state index contributed by atoms with van der Waals surface area (Å²) in [6.07, 6.45) is 1.34. The maximum Gasteiger partial charge on any atom is 0.272 e. The van der Waals surface area contributed by atoms with Gasteiger partial charge >= 0.3 is 0 Å². The van der Waals surface area contributed by atoms with Gasteiger partial charge in [0.25, 0.3) is 5.91 Å². The van der Waals surface area contributed by atoms with Crippen LogP contribution >= 0.6 is 0 Å². The molecule has 0 bridgehead atoms. The van der Waals surface area contributed by atoms with Gasteiger partial charge in [-0.05, 0) is 36.8 Å². The fraction of sp³-hybridized carbons (Fsp3) is 0.150. The first-order valence-electron chi connectivity index (χ1n) is 8.33. The quantitative estimate of drug-likeness (QED) is 0.729. The molecule has 132 valence electrons. The van der Waals surface area contributed by atoms with Crippen LogP contribution < -0.4 is 5.32 Å². The van der Waals surface area contributed by atoms with E-state index in [2.05, 4.69) is 15.3 Å². The summed E-state index contributed by atoms with van der Waals surface area (Å²) >= 11 is 0. The normalized spacial score (nSPS) is 10.4. The van der Waals surface area contributed by atoms with Gasteiger partial charge in [0, 0.05) is 24.8 Å². The average Bonchev–Trinajstić information content (AvgIpc) is 2.68. The summed E-state index contributed by atoms with van der Waals surface area (Å²) < 4.78 is 13.0. The Labute approximate surface area is 151 Å². The van der Waals surface area contributed by atoms with Crippen LogP contribution in [0, 0.1) is 5.82 Å². The second-order valence-corrected chi connectivity index (χ2v) is 5.73. The lowest BCUT2D eigenvalue weighted by atomic mass is 10.2. The van der Waals surface area contributed by atoms with Gasteiger partial charge in [-0.25, -0.2) is 14.4 Å². The van der Waals surface area contributed by atoms with E-state index >= 15 is 0 Å². The van der Waals surface area contributed by atoms with E-state index in [0.29, 0.717) is 30.3 Å². The Morgan fingerprint density at radius 1 is 1.08 bits per heavy atom. The van der Waals surface area contributed by atoms with Crippen molar-refractivity contribution in [2.75, 3.05) is 11.9 Å². The first-order chi connectivity index (χ1) is 12.7. The number of nitrogens with zero attached hydrogens (tertiary/aromatic N) is 3. The van der Waals surface area contributed by atoms with E-state index in [1.807, 2.05) is 37.3 Å². The van der Waals surface area contributed by atoms with Gasteiger partial charge in [-0.3, -0.25) is 4.79 Å². The van der Waals surface area contributed by atoms with Gasteiger partial charge in [-0.1, -0.05) is 30.3 Å². The third-order valence-electron chi connectivity index (χ3n) is 3.89. The Morgan fingerprint density at radius 2 is 1.81 bits per heavy atom. The molecule has 0 radical (unpaired) electrons. The standard InChI is InChI=1S/C20H19FN4O/c1-2-25(13-15-6-4-3-5-7-15)20(26)18-12-19(23-14-22-18)24-17-10-8-16(21)9-11-17/h3-12,14H,2,13H2,1H3,(H,22,23,24). The lowest BCUT2D eigenvalue weighted by Gasteiger charge is -2.20. The number of nitrogens with one attached hydrogen (secondary N) is 1. The first kappa shape index (κ1) is 17.5. The van der Waals surface area contributed by atoms with Crippen molar-refractivity contribution >= 4 is 17.4 Å². The number of rotatable bonds is 6. The molecule has 0 unspecified atom stereocenters. The summed E-state index contributed by atoms with van der Waals surface area (Å²) in [6.45, 7) is 3.01. The van der Waals surface area contributed by atoms with Gasteiger partial charge in [0.2, 0.25) is 0 Å². The topological polar surface area (TPSA) is 58.1 Å². The molecule has 5 nitrogen and oxygen atoms in total. The molecule has 1 amide bonds. The molecule has 0 saturated heterocycles.